The summed E-state index contributed by atoms with van der Waals surface area (Å²) < 4.78 is 16.1. The lowest BCUT2D eigenvalue weighted by atomic mass is 10.0. The summed E-state index contributed by atoms with van der Waals surface area (Å²) in [6.45, 7) is 6.97. The molecule has 1 fully saturated rings. The molecule has 1 aromatic heterocycles. The molecule has 1 aliphatic heterocycles. The van der Waals surface area contributed by atoms with Gasteiger partial charge in [-0.15, -0.1) is 0 Å². The molecule has 38 heavy (non-hydrogen) atoms. The highest BCUT2D eigenvalue weighted by Gasteiger charge is 2.28. The van der Waals surface area contributed by atoms with Crippen LogP contribution < -0.4 is 10.5 Å². The smallest absolute Gasteiger partial charge is 0.417 e. The molecule has 4 rings (SSSR count). The molecule has 1 aliphatic rings. The molecule has 1 saturated heterocycles. The summed E-state index contributed by atoms with van der Waals surface area (Å²) in [5, 5.41) is 10.0. The fourth-order valence-corrected chi connectivity index (χ4v) is 4.58. The van der Waals surface area contributed by atoms with Gasteiger partial charge in [-0.05, 0) is 62.6 Å². The number of carbonyl (C=O) groups excluding carboxylic acids is 2. The number of rotatable bonds is 9. The van der Waals surface area contributed by atoms with Crippen molar-refractivity contribution in [2.24, 2.45) is 0 Å². The van der Waals surface area contributed by atoms with E-state index in [1.54, 1.807) is 57.0 Å². The maximum Gasteiger partial charge on any atom is 0.417 e. The number of likely N-dealkylation sites (tertiary alicyclic amines) is 1. The van der Waals surface area contributed by atoms with Crippen molar-refractivity contribution in [3.8, 4) is 5.75 Å². The summed E-state index contributed by atoms with van der Waals surface area (Å²) in [6, 6.07) is 12.2. The first-order valence-electron chi connectivity index (χ1n) is 12.7. The molecule has 0 spiro atoms. The molecule has 3 aromatic rings. The van der Waals surface area contributed by atoms with Crippen molar-refractivity contribution < 1.29 is 28.6 Å². The molecule has 0 radical (unpaired) electrons. The Kier molecular flexibility index (Phi) is 8.23. The van der Waals surface area contributed by atoms with E-state index >= 15 is 0 Å². The van der Waals surface area contributed by atoms with E-state index in [-0.39, 0.29) is 31.1 Å². The number of hydrogen-bond acceptors (Lipinski definition) is 8. The van der Waals surface area contributed by atoms with Gasteiger partial charge in [0.1, 0.15) is 11.4 Å². The average molecular weight is 526 g/mol. The Hall–Kier alpha value is -3.63. The lowest BCUT2D eigenvalue weighted by Gasteiger charge is -2.32. The highest BCUT2D eigenvalue weighted by atomic mass is 16.6. The molecule has 0 bridgehead atoms. The lowest BCUT2D eigenvalue weighted by Crippen LogP contribution is -2.39. The van der Waals surface area contributed by atoms with Crippen molar-refractivity contribution in [1.29, 1.82) is 0 Å². The number of benzene rings is 2. The van der Waals surface area contributed by atoms with E-state index in [1.165, 1.54) is 0 Å². The largest absolute Gasteiger partial charge is 0.482 e. The molecule has 10 nitrogen and oxygen atoms in total. The van der Waals surface area contributed by atoms with Gasteiger partial charge in [-0.25, -0.2) is 9.59 Å². The molecule has 2 heterocycles. The summed E-state index contributed by atoms with van der Waals surface area (Å²) in [5.41, 5.74) is 1.97. The molecule has 10 heteroatoms. The van der Waals surface area contributed by atoms with Gasteiger partial charge in [-0.3, -0.25) is 14.7 Å². The van der Waals surface area contributed by atoms with Crippen LogP contribution in [-0.4, -0.2) is 76.8 Å². The second-order valence-corrected chi connectivity index (χ2v) is 10.7. The number of H-pyrrole nitrogens is 1. The van der Waals surface area contributed by atoms with Crippen LogP contribution in [0.3, 0.4) is 0 Å². The van der Waals surface area contributed by atoms with Crippen molar-refractivity contribution in [3.63, 3.8) is 0 Å². The number of nitrogens with zero attached hydrogens (tertiary/aromatic N) is 2. The maximum absolute atomic E-state index is 13.4. The number of ether oxygens (including phenoxy) is 2. The number of amides is 1. The first-order chi connectivity index (χ1) is 18.0. The quantitative estimate of drug-likeness (QED) is 0.409. The molecule has 1 amide bonds. The monoisotopic (exact) mass is 525 g/mol. The number of oxazole rings is 1. The Labute approximate surface area is 221 Å². The molecule has 2 aromatic carbocycles. The second kappa shape index (κ2) is 11.4. The minimum atomic E-state index is -0.603. The third-order valence-electron chi connectivity index (χ3n) is 6.40. The topological polar surface area (TPSA) is 125 Å². The van der Waals surface area contributed by atoms with E-state index in [0.717, 1.165) is 17.7 Å². The fourth-order valence-electron chi connectivity index (χ4n) is 4.58. The first kappa shape index (κ1) is 27.4. The van der Waals surface area contributed by atoms with E-state index in [4.69, 9.17) is 13.9 Å². The summed E-state index contributed by atoms with van der Waals surface area (Å²) in [7, 11) is 1.76. The summed E-state index contributed by atoms with van der Waals surface area (Å²) in [5.74, 6) is -0.619. The van der Waals surface area contributed by atoms with Crippen LogP contribution in [0.25, 0.3) is 11.1 Å². The number of β-amino-alcohol motifs (C(OH)–C–C–N with tert-alkyl or cyclic N) is 1. The average Bonchev–Trinajstić information content (AvgIpc) is 3.43. The Balaban J connectivity index is 1.51. The standard InChI is InChI=1S/C28H35N3O7/c1-28(2,3)38-26(34)17-36-21-7-5-6-19(14-21)23(16-31-11-10-20(32)15-31)30(4)25(33)13-18-8-9-24-22(12-18)29-27(35)37-24/h5-9,12,14,20,23,32H,10-11,13,15-17H2,1-4H3,(H,29,35)/t20-,23-/m1/s1. The zero-order valence-corrected chi connectivity index (χ0v) is 22.2. The van der Waals surface area contributed by atoms with Gasteiger partial charge in [0, 0.05) is 26.7 Å². The van der Waals surface area contributed by atoms with Gasteiger partial charge < -0.3 is 23.9 Å². The number of fused-ring (bicyclic) bond motifs is 1. The van der Waals surface area contributed by atoms with E-state index in [2.05, 4.69) is 9.88 Å². The van der Waals surface area contributed by atoms with Crippen molar-refractivity contribution >= 4 is 23.0 Å². The van der Waals surface area contributed by atoms with Crippen LogP contribution in [0.2, 0.25) is 0 Å². The number of aliphatic hydroxyl groups is 1. The van der Waals surface area contributed by atoms with Gasteiger partial charge >= 0.3 is 11.7 Å². The first-order valence-corrected chi connectivity index (χ1v) is 12.7. The van der Waals surface area contributed by atoms with Crippen molar-refractivity contribution in [2.45, 2.75) is 51.4 Å². The number of aliphatic hydroxyl groups excluding tert-OH is 1. The van der Waals surface area contributed by atoms with Crippen LogP contribution >= 0.6 is 0 Å². The minimum Gasteiger partial charge on any atom is -0.482 e. The van der Waals surface area contributed by atoms with Crippen LogP contribution in [0.4, 0.5) is 0 Å². The Morgan fingerprint density at radius 2 is 2.03 bits per heavy atom. The minimum absolute atomic E-state index is 0.111. The van der Waals surface area contributed by atoms with Gasteiger partial charge in [0.2, 0.25) is 5.91 Å². The third kappa shape index (κ3) is 7.23. The van der Waals surface area contributed by atoms with Crippen molar-refractivity contribution in [2.75, 3.05) is 33.3 Å². The van der Waals surface area contributed by atoms with E-state index in [9.17, 15) is 19.5 Å². The predicted octanol–water partition coefficient (Wildman–Crippen LogP) is 2.65. The number of likely N-dealkylation sites (N-methyl/N-ethyl adjacent to an activating group) is 1. The highest BCUT2D eigenvalue weighted by molar-refractivity contribution is 5.81. The van der Waals surface area contributed by atoms with Crippen molar-refractivity contribution in [3.05, 3.63) is 64.1 Å². The van der Waals surface area contributed by atoms with E-state index in [0.29, 0.717) is 36.4 Å². The number of aromatic amines is 1. The van der Waals surface area contributed by atoms with Gasteiger partial charge in [-0.1, -0.05) is 18.2 Å². The summed E-state index contributed by atoms with van der Waals surface area (Å²) in [6.07, 6.45) is 0.434. The summed E-state index contributed by atoms with van der Waals surface area (Å²) in [4.78, 5) is 43.4. The molecule has 0 aliphatic carbocycles. The summed E-state index contributed by atoms with van der Waals surface area (Å²) >= 11 is 0. The van der Waals surface area contributed by atoms with Crippen LogP contribution in [-0.2, 0) is 20.7 Å². The van der Waals surface area contributed by atoms with E-state index in [1.807, 2.05) is 18.2 Å². The molecular formula is C28H35N3O7. The Morgan fingerprint density at radius 3 is 2.74 bits per heavy atom. The molecule has 2 atom stereocenters. The molecule has 204 valence electrons. The van der Waals surface area contributed by atoms with Crippen molar-refractivity contribution in [1.82, 2.24) is 14.8 Å². The molecule has 2 N–H and O–H groups in total. The molecule has 0 saturated carbocycles. The zero-order chi connectivity index (χ0) is 27.4. The fraction of sp³-hybridized carbons (Fsp3) is 0.464. The number of carbonyl (C=O) groups is 2. The highest BCUT2D eigenvalue weighted by Crippen LogP contribution is 2.27. The third-order valence-corrected chi connectivity index (χ3v) is 6.40. The number of esters is 1. The van der Waals surface area contributed by atoms with Crippen LogP contribution in [0, 0.1) is 0 Å². The van der Waals surface area contributed by atoms with Gasteiger partial charge in [0.15, 0.2) is 12.2 Å². The van der Waals surface area contributed by atoms with Gasteiger partial charge in [0.25, 0.3) is 0 Å². The Morgan fingerprint density at radius 1 is 1.24 bits per heavy atom. The maximum atomic E-state index is 13.4. The molecule has 0 unspecified atom stereocenters. The van der Waals surface area contributed by atoms with Crippen LogP contribution in [0.15, 0.2) is 51.7 Å². The van der Waals surface area contributed by atoms with Crippen LogP contribution in [0.1, 0.15) is 44.4 Å². The molecular weight excluding hydrogens is 490 g/mol. The van der Waals surface area contributed by atoms with Crippen LogP contribution in [0.5, 0.6) is 5.75 Å². The SMILES string of the molecule is CN(C(=O)Cc1ccc2oc(=O)[nH]c2c1)[C@H](CN1CC[C@@H](O)C1)c1cccc(OCC(=O)OC(C)(C)C)c1. The lowest BCUT2D eigenvalue weighted by molar-refractivity contribution is -0.157. The number of hydrogen-bond donors (Lipinski definition) is 2. The number of nitrogens with one attached hydrogen (secondary N) is 1. The number of aromatic nitrogens is 1. The van der Waals surface area contributed by atoms with Gasteiger partial charge in [-0.2, -0.15) is 0 Å². The van der Waals surface area contributed by atoms with Gasteiger partial charge in [0.05, 0.1) is 24.1 Å². The zero-order valence-electron chi connectivity index (χ0n) is 22.2. The second-order valence-electron chi connectivity index (χ2n) is 10.7. The predicted molar refractivity (Wildman–Crippen MR) is 141 cm³/mol. The van der Waals surface area contributed by atoms with E-state index < -0.39 is 17.3 Å². The Bertz CT molecular complexity index is 1340. The normalized spacial score (nSPS) is 16.9.